The van der Waals surface area contributed by atoms with Crippen LogP contribution in [0.3, 0.4) is 0 Å². The van der Waals surface area contributed by atoms with Gasteiger partial charge in [-0.25, -0.2) is 0 Å². The van der Waals surface area contributed by atoms with E-state index in [-0.39, 0.29) is 12.0 Å². The van der Waals surface area contributed by atoms with Crippen LogP contribution in [0.5, 0.6) is 0 Å². The number of carbonyl (C=O) groups is 1. The molecule has 0 unspecified atom stereocenters. The summed E-state index contributed by atoms with van der Waals surface area (Å²) in [4.78, 5) is 22.6. The first kappa shape index (κ1) is 12.4. The van der Waals surface area contributed by atoms with Gasteiger partial charge in [0.1, 0.15) is 0 Å². The van der Waals surface area contributed by atoms with Gasteiger partial charge in [0.15, 0.2) is 0 Å². The van der Waals surface area contributed by atoms with Crippen molar-refractivity contribution in [3.8, 4) is 0 Å². The summed E-state index contributed by atoms with van der Waals surface area (Å²) < 4.78 is 1.57. The van der Waals surface area contributed by atoms with Crippen molar-refractivity contribution >= 4 is 16.7 Å². The van der Waals surface area contributed by atoms with Crippen LogP contribution >= 0.6 is 0 Å². The van der Waals surface area contributed by atoms with Gasteiger partial charge in [-0.15, -0.1) is 0 Å². The molecule has 94 valence electrons. The highest BCUT2D eigenvalue weighted by Gasteiger charge is 2.03. The summed E-state index contributed by atoms with van der Waals surface area (Å²) in [5, 5.41) is 10.2. The standard InChI is InChI=1S/C14H15NO3/c1-10-4-5-12-11(9-10)6-8-15(14(12)18)7-2-3-13(16)17/h4-6,8-9H,2-3,7H2,1H3,(H,16,17). The zero-order valence-electron chi connectivity index (χ0n) is 10.2. The van der Waals surface area contributed by atoms with E-state index in [2.05, 4.69) is 0 Å². The molecule has 18 heavy (non-hydrogen) atoms. The van der Waals surface area contributed by atoms with Crippen molar-refractivity contribution in [3.63, 3.8) is 0 Å². The number of aryl methyl sites for hydroxylation is 2. The molecule has 1 aromatic carbocycles. The largest absolute Gasteiger partial charge is 0.481 e. The summed E-state index contributed by atoms with van der Waals surface area (Å²) in [5.41, 5.74) is 1.06. The van der Waals surface area contributed by atoms with E-state index in [4.69, 9.17) is 5.11 Å². The molecule has 0 spiro atoms. The Morgan fingerprint density at radius 2 is 2.11 bits per heavy atom. The molecule has 0 amide bonds. The molecular weight excluding hydrogens is 230 g/mol. The fourth-order valence-corrected chi connectivity index (χ4v) is 1.98. The topological polar surface area (TPSA) is 59.3 Å². The first-order valence-corrected chi connectivity index (χ1v) is 5.89. The highest BCUT2D eigenvalue weighted by molar-refractivity contribution is 5.82. The number of aliphatic carboxylic acids is 1. The fourth-order valence-electron chi connectivity index (χ4n) is 1.98. The van der Waals surface area contributed by atoms with Gasteiger partial charge in [0.25, 0.3) is 5.56 Å². The maximum atomic E-state index is 12.1. The lowest BCUT2D eigenvalue weighted by Gasteiger charge is -2.06. The van der Waals surface area contributed by atoms with E-state index in [1.807, 2.05) is 31.2 Å². The Labute approximate surface area is 104 Å². The third-order valence-electron chi connectivity index (χ3n) is 2.92. The SMILES string of the molecule is Cc1ccc2c(=O)n(CCCC(=O)O)ccc2c1. The molecule has 0 aliphatic carbocycles. The average molecular weight is 245 g/mol. The van der Waals surface area contributed by atoms with Gasteiger partial charge in [0.2, 0.25) is 0 Å². The molecule has 4 heteroatoms. The van der Waals surface area contributed by atoms with E-state index in [0.29, 0.717) is 18.4 Å². The first-order valence-electron chi connectivity index (χ1n) is 5.89. The smallest absolute Gasteiger partial charge is 0.303 e. The molecule has 0 aliphatic rings. The highest BCUT2D eigenvalue weighted by Crippen LogP contribution is 2.11. The maximum absolute atomic E-state index is 12.1. The van der Waals surface area contributed by atoms with Gasteiger partial charge in [0, 0.05) is 24.5 Å². The normalized spacial score (nSPS) is 10.7. The van der Waals surface area contributed by atoms with Crippen LogP contribution in [0.15, 0.2) is 35.3 Å². The van der Waals surface area contributed by atoms with Crippen LogP contribution in [0.2, 0.25) is 0 Å². The molecule has 0 bridgehead atoms. The number of pyridine rings is 1. The van der Waals surface area contributed by atoms with Gasteiger partial charge in [0.05, 0.1) is 0 Å². The van der Waals surface area contributed by atoms with Crippen molar-refractivity contribution in [1.82, 2.24) is 4.57 Å². The van der Waals surface area contributed by atoms with Gasteiger partial charge in [-0.05, 0) is 30.9 Å². The molecule has 0 saturated carbocycles. The monoisotopic (exact) mass is 245 g/mol. The lowest BCUT2D eigenvalue weighted by Crippen LogP contribution is -2.19. The molecule has 1 N–H and O–H groups in total. The molecule has 0 saturated heterocycles. The predicted octanol–water partition coefficient (Wildman–Crippen LogP) is 2.17. The van der Waals surface area contributed by atoms with Crippen molar-refractivity contribution in [2.24, 2.45) is 0 Å². The minimum absolute atomic E-state index is 0.0575. The predicted molar refractivity (Wildman–Crippen MR) is 69.8 cm³/mol. The van der Waals surface area contributed by atoms with Crippen molar-refractivity contribution in [1.29, 1.82) is 0 Å². The van der Waals surface area contributed by atoms with Crippen molar-refractivity contribution in [3.05, 3.63) is 46.4 Å². The van der Waals surface area contributed by atoms with Crippen molar-refractivity contribution in [2.75, 3.05) is 0 Å². The lowest BCUT2D eigenvalue weighted by atomic mass is 10.1. The van der Waals surface area contributed by atoms with Crippen LogP contribution in [-0.4, -0.2) is 15.6 Å². The molecular formula is C14H15NO3. The van der Waals surface area contributed by atoms with E-state index in [1.165, 1.54) is 0 Å². The van der Waals surface area contributed by atoms with Gasteiger partial charge < -0.3 is 9.67 Å². The van der Waals surface area contributed by atoms with Crippen LogP contribution in [0.4, 0.5) is 0 Å². The van der Waals surface area contributed by atoms with E-state index < -0.39 is 5.97 Å². The first-order chi connectivity index (χ1) is 8.58. The second-order valence-electron chi connectivity index (χ2n) is 4.40. The Bertz CT molecular complexity index is 643. The molecule has 1 aromatic heterocycles. The number of carboxylic acid groups (broad SMARTS) is 1. The average Bonchev–Trinajstić information content (AvgIpc) is 2.31. The number of hydrogen-bond acceptors (Lipinski definition) is 2. The number of hydrogen-bond donors (Lipinski definition) is 1. The van der Waals surface area contributed by atoms with E-state index in [1.54, 1.807) is 10.8 Å². The Morgan fingerprint density at radius 3 is 2.83 bits per heavy atom. The third kappa shape index (κ3) is 2.59. The van der Waals surface area contributed by atoms with Crippen molar-refractivity contribution in [2.45, 2.75) is 26.3 Å². The summed E-state index contributed by atoms with van der Waals surface area (Å²) in [7, 11) is 0. The Morgan fingerprint density at radius 1 is 1.33 bits per heavy atom. The van der Waals surface area contributed by atoms with E-state index in [0.717, 1.165) is 10.9 Å². The summed E-state index contributed by atoms with van der Waals surface area (Å²) in [5.74, 6) is -0.834. The number of fused-ring (bicyclic) bond motifs is 1. The van der Waals surface area contributed by atoms with Crippen LogP contribution in [0.1, 0.15) is 18.4 Å². The molecule has 0 aliphatic heterocycles. The van der Waals surface area contributed by atoms with Gasteiger partial charge in [-0.1, -0.05) is 17.7 Å². The number of rotatable bonds is 4. The summed E-state index contributed by atoms with van der Waals surface area (Å²) >= 11 is 0. The Balaban J connectivity index is 2.30. The Hall–Kier alpha value is -2.10. The number of aromatic nitrogens is 1. The summed E-state index contributed by atoms with van der Waals surface area (Å²) in [6, 6.07) is 7.59. The lowest BCUT2D eigenvalue weighted by molar-refractivity contribution is -0.137. The molecule has 0 atom stereocenters. The van der Waals surface area contributed by atoms with E-state index >= 15 is 0 Å². The zero-order chi connectivity index (χ0) is 13.1. The summed E-state index contributed by atoms with van der Waals surface area (Å²) in [6.45, 7) is 2.42. The number of nitrogens with zero attached hydrogens (tertiary/aromatic N) is 1. The van der Waals surface area contributed by atoms with Crippen molar-refractivity contribution < 1.29 is 9.90 Å². The van der Waals surface area contributed by atoms with Crippen LogP contribution < -0.4 is 5.56 Å². The van der Waals surface area contributed by atoms with Gasteiger partial charge >= 0.3 is 5.97 Å². The molecule has 4 nitrogen and oxygen atoms in total. The minimum atomic E-state index is -0.834. The molecule has 0 radical (unpaired) electrons. The molecule has 0 fully saturated rings. The second-order valence-corrected chi connectivity index (χ2v) is 4.40. The Kier molecular flexibility index (Phi) is 3.46. The minimum Gasteiger partial charge on any atom is -0.481 e. The quantitative estimate of drug-likeness (QED) is 0.898. The number of benzene rings is 1. The van der Waals surface area contributed by atoms with Gasteiger partial charge in [-0.2, -0.15) is 0 Å². The molecule has 2 rings (SSSR count). The zero-order valence-corrected chi connectivity index (χ0v) is 10.2. The van der Waals surface area contributed by atoms with Crippen LogP contribution in [0.25, 0.3) is 10.8 Å². The molecule has 1 heterocycles. The van der Waals surface area contributed by atoms with E-state index in [9.17, 15) is 9.59 Å². The van der Waals surface area contributed by atoms with Crippen LogP contribution in [-0.2, 0) is 11.3 Å². The third-order valence-corrected chi connectivity index (χ3v) is 2.92. The second kappa shape index (κ2) is 5.04. The highest BCUT2D eigenvalue weighted by atomic mass is 16.4. The van der Waals surface area contributed by atoms with Crippen LogP contribution in [0, 0.1) is 6.92 Å². The maximum Gasteiger partial charge on any atom is 0.303 e. The number of carboxylic acids is 1. The summed E-state index contributed by atoms with van der Waals surface area (Å²) in [6.07, 6.45) is 2.27. The molecule has 2 aromatic rings. The fraction of sp³-hybridized carbons (Fsp3) is 0.286. The van der Waals surface area contributed by atoms with Gasteiger partial charge in [-0.3, -0.25) is 9.59 Å².